The number of methoxy groups -OCH3 is 2. The van der Waals surface area contributed by atoms with Crippen LogP contribution in [0.25, 0.3) is 0 Å². The van der Waals surface area contributed by atoms with Crippen molar-refractivity contribution in [1.29, 1.82) is 0 Å². The van der Waals surface area contributed by atoms with E-state index in [4.69, 9.17) is 23.7 Å². The summed E-state index contributed by atoms with van der Waals surface area (Å²) in [5.41, 5.74) is 2.44. The van der Waals surface area contributed by atoms with E-state index in [9.17, 15) is 0 Å². The first-order chi connectivity index (χ1) is 13.2. The summed E-state index contributed by atoms with van der Waals surface area (Å²) in [7, 11) is 3.36. The number of hydrogen-bond acceptors (Lipinski definition) is 5. The zero-order chi connectivity index (χ0) is 18.6. The SMILES string of the molecule is COc1ccc(CC(OC(Cc2ccc(OC)cc2)C2CO2)C2CO2)cc1. The van der Waals surface area contributed by atoms with Crippen molar-refractivity contribution in [3.63, 3.8) is 0 Å². The smallest absolute Gasteiger partial charge is 0.118 e. The number of rotatable bonds is 10. The van der Waals surface area contributed by atoms with Gasteiger partial charge in [0.05, 0.1) is 39.6 Å². The Balaban J connectivity index is 1.41. The van der Waals surface area contributed by atoms with Crippen LogP contribution in [-0.4, -0.2) is 51.8 Å². The molecule has 0 amide bonds. The topological polar surface area (TPSA) is 52.8 Å². The van der Waals surface area contributed by atoms with Crippen LogP contribution < -0.4 is 9.47 Å². The third-order valence-corrected chi connectivity index (χ3v) is 5.09. The number of hydrogen-bond donors (Lipinski definition) is 0. The van der Waals surface area contributed by atoms with Crippen molar-refractivity contribution >= 4 is 0 Å². The maximum atomic E-state index is 6.51. The van der Waals surface area contributed by atoms with Crippen LogP contribution in [0, 0.1) is 0 Å². The highest BCUT2D eigenvalue weighted by Gasteiger charge is 2.40. The third-order valence-electron chi connectivity index (χ3n) is 5.09. The Kier molecular flexibility index (Phi) is 5.62. The number of epoxide rings is 2. The molecule has 0 bridgehead atoms. The van der Waals surface area contributed by atoms with Crippen LogP contribution in [0.5, 0.6) is 11.5 Å². The summed E-state index contributed by atoms with van der Waals surface area (Å²) < 4.78 is 28.1. The Morgan fingerprint density at radius 3 is 1.41 bits per heavy atom. The van der Waals surface area contributed by atoms with Gasteiger partial charge in [-0.25, -0.2) is 0 Å². The molecule has 2 heterocycles. The van der Waals surface area contributed by atoms with E-state index in [0.717, 1.165) is 37.6 Å². The largest absolute Gasteiger partial charge is 0.497 e. The van der Waals surface area contributed by atoms with E-state index in [0.29, 0.717) is 0 Å². The zero-order valence-corrected chi connectivity index (χ0v) is 15.8. The molecule has 2 saturated heterocycles. The molecule has 0 saturated carbocycles. The van der Waals surface area contributed by atoms with E-state index in [-0.39, 0.29) is 24.4 Å². The maximum Gasteiger partial charge on any atom is 0.118 e. The Bertz CT molecular complexity index is 656. The quantitative estimate of drug-likeness (QED) is 0.602. The van der Waals surface area contributed by atoms with Crippen LogP contribution in [0.2, 0.25) is 0 Å². The highest BCUT2D eigenvalue weighted by Crippen LogP contribution is 2.28. The standard InChI is InChI=1S/C22H26O5/c1-23-17-7-3-15(4-8-17)11-19(21-13-25-21)27-20(22-14-26-22)12-16-5-9-18(24-2)10-6-16/h3-10,19-22H,11-14H2,1-2H3. The molecule has 4 rings (SSSR count). The summed E-state index contributed by atoms with van der Waals surface area (Å²) in [6, 6.07) is 16.3. The highest BCUT2D eigenvalue weighted by atomic mass is 16.6. The minimum atomic E-state index is 0.0332. The molecule has 2 aliphatic heterocycles. The minimum absolute atomic E-state index is 0.0332. The van der Waals surface area contributed by atoms with Gasteiger partial charge in [-0.1, -0.05) is 24.3 Å². The summed E-state index contributed by atoms with van der Waals surface area (Å²) in [6.45, 7) is 1.53. The zero-order valence-electron chi connectivity index (χ0n) is 15.8. The van der Waals surface area contributed by atoms with Crippen molar-refractivity contribution in [2.45, 2.75) is 37.3 Å². The van der Waals surface area contributed by atoms with Crippen LogP contribution in [0.15, 0.2) is 48.5 Å². The fourth-order valence-corrected chi connectivity index (χ4v) is 3.29. The molecule has 27 heavy (non-hydrogen) atoms. The summed E-state index contributed by atoms with van der Waals surface area (Å²) in [4.78, 5) is 0. The molecular weight excluding hydrogens is 344 g/mol. The molecule has 5 nitrogen and oxygen atoms in total. The van der Waals surface area contributed by atoms with Crippen molar-refractivity contribution < 1.29 is 23.7 Å². The second kappa shape index (κ2) is 8.30. The van der Waals surface area contributed by atoms with E-state index in [1.807, 2.05) is 24.3 Å². The predicted molar refractivity (Wildman–Crippen MR) is 102 cm³/mol. The molecular formula is C22H26O5. The van der Waals surface area contributed by atoms with Crippen LogP contribution in [0.4, 0.5) is 0 Å². The Labute approximate surface area is 160 Å². The molecule has 4 unspecified atom stereocenters. The molecule has 0 aliphatic carbocycles. The second-order valence-electron chi connectivity index (χ2n) is 7.06. The van der Waals surface area contributed by atoms with Gasteiger partial charge in [0, 0.05) is 12.8 Å². The van der Waals surface area contributed by atoms with E-state index < -0.39 is 0 Å². The third kappa shape index (κ3) is 5.01. The molecule has 0 spiro atoms. The van der Waals surface area contributed by atoms with Crippen molar-refractivity contribution in [3.05, 3.63) is 59.7 Å². The first-order valence-corrected chi connectivity index (χ1v) is 9.39. The first kappa shape index (κ1) is 18.3. The Morgan fingerprint density at radius 1 is 0.741 bits per heavy atom. The molecule has 2 aliphatic rings. The maximum absolute atomic E-state index is 6.51. The average Bonchev–Trinajstić information content (AvgIpc) is 3.60. The van der Waals surface area contributed by atoms with Gasteiger partial charge in [-0.15, -0.1) is 0 Å². The fourth-order valence-electron chi connectivity index (χ4n) is 3.29. The van der Waals surface area contributed by atoms with Crippen molar-refractivity contribution in [1.82, 2.24) is 0 Å². The molecule has 0 radical (unpaired) electrons. The molecule has 5 heteroatoms. The van der Waals surface area contributed by atoms with Crippen LogP contribution in [0.3, 0.4) is 0 Å². The summed E-state index contributed by atoms with van der Waals surface area (Å²) in [5.74, 6) is 1.73. The normalized spacial score (nSPS) is 22.7. The molecule has 2 aromatic carbocycles. The van der Waals surface area contributed by atoms with E-state index in [1.54, 1.807) is 14.2 Å². The lowest BCUT2D eigenvalue weighted by Gasteiger charge is -2.23. The van der Waals surface area contributed by atoms with Crippen molar-refractivity contribution in [2.75, 3.05) is 27.4 Å². The van der Waals surface area contributed by atoms with E-state index in [1.165, 1.54) is 11.1 Å². The van der Waals surface area contributed by atoms with E-state index >= 15 is 0 Å². The lowest BCUT2D eigenvalue weighted by atomic mass is 10.0. The van der Waals surface area contributed by atoms with Gasteiger partial charge >= 0.3 is 0 Å². The van der Waals surface area contributed by atoms with Crippen LogP contribution >= 0.6 is 0 Å². The van der Waals surface area contributed by atoms with Gasteiger partial charge in [0.2, 0.25) is 0 Å². The van der Waals surface area contributed by atoms with Crippen molar-refractivity contribution in [2.24, 2.45) is 0 Å². The summed E-state index contributed by atoms with van der Waals surface area (Å²) in [6.07, 6.45) is 2.05. The summed E-state index contributed by atoms with van der Waals surface area (Å²) in [5, 5.41) is 0. The Hall–Kier alpha value is -2.08. The van der Waals surface area contributed by atoms with Gasteiger partial charge in [0.15, 0.2) is 0 Å². The lowest BCUT2D eigenvalue weighted by molar-refractivity contribution is -0.0369. The summed E-state index contributed by atoms with van der Waals surface area (Å²) >= 11 is 0. The molecule has 0 N–H and O–H groups in total. The second-order valence-corrected chi connectivity index (χ2v) is 7.06. The molecule has 4 atom stereocenters. The van der Waals surface area contributed by atoms with Crippen molar-refractivity contribution in [3.8, 4) is 11.5 Å². The van der Waals surface area contributed by atoms with Gasteiger partial charge < -0.3 is 23.7 Å². The van der Waals surface area contributed by atoms with Crippen LogP contribution in [0.1, 0.15) is 11.1 Å². The number of ether oxygens (including phenoxy) is 5. The Morgan fingerprint density at radius 2 is 1.11 bits per heavy atom. The van der Waals surface area contributed by atoms with Gasteiger partial charge in [-0.05, 0) is 35.4 Å². The highest BCUT2D eigenvalue weighted by molar-refractivity contribution is 5.29. The van der Waals surface area contributed by atoms with Gasteiger partial charge in [0.1, 0.15) is 23.7 Å². The minimum Gasteiger partial charge on any atom is -0.497 e. The number of benzene rings is 2. The molecule has 0 aromatic heterocycles. The van der Waals surface area contributed by atoms with Gasteiger partial charge in [0.25, 0.3) is 0 Å². The fraction of sp³-hybridized carbons (Fsp3) is 0.455. The molecule has 2 aromatic rings. The van der Waals surface area contributed by atoms with Crippen LogP contribution in [-0.2, 0) is 27.1 Å². The lowest BCUT2D eigenvalue weighted by Crippen LogP contribution is -2.33. The molecule has 144 valence electrons. The van der Waals surface area contributed by atoms with Gasteiger partial charge in [-0.3, -0.25) is 0 Å². The predicted octanol–water partition coefficient (Wildman–Crippen LogP) is 3.04. The van der Waals surface area contributed by atoms with Gasteiger partial charge in [-0.2, -0.15) is 0 Å². The average molecular weight is 370 g/mol. The van der Waals surface area contributed by atoms with E-state index in [2.05, 4.69) is 24.3 Å². The monoisotopic (exact) mass is 370 g/mol. The first-order valence-electron chi connectivity index (χ1n) is 9.39. The molecule has 2 fully saturated rings.